The molecule has 1 amide bonds. The Morgan fingerprint density at radius 2 is 1.85 bits per heavy atom. The highest BCUT2D eigenvalue weighted by atomic mass is 32.2. The Hall–Kier alpha value is -2.27. The van der Waals surface area contributed by atoms with Crippen LogP contribution in [0.15, 0.2) is 52.2 Å². The first kappa shape index (κ1) is 17.2. The van der Waals surface area contributed by atoms with Gasteiger partial charge in [-0.15, -0.1) is 11.8 Å². The molecular weight excluding hydrogens is 344 g/mol. The van der Waals surface area contributed by atoms with Gasteiger partial charge in [0.2, 0.25) is 5.91 Å². The molecule has 5 heteroatoms. The van der Waals surface area contributed by atoms with E-state index in [1.165, 1.54) is 4.90 Å². The highest BCUT2D eigenvalue weighted by Crippen LogP contribution is 2.38. The van der Waals surface area contributed by atoms with Crippen LogP contribution in [0.1, 0.15) is 48.4 Å². The fourth-order valence-electron chi connectivity index (χ4n) is 3.43. The van der Waals surface area contributed by atoms with E-state index in [2.05, 4.69) is 40.6 Å². The molecule has 26 heavy (non-hydrogen) atoms. The maximum Gasteiger partial charge on any atom is 0.251 e. The Morgan fingerprint density at radius 3 is 2.42 bits per heavy atom. The third kappa shape index (κ3) is 3.63. The van der Waals surface area contributed by atoms with Crippen molar-refractivity contribution in [1.82, 2.24) is 10.3 Å². The minimum absolute atomic E-state index is 0.00402. The number of rotatable bonds is 5. The molecule has 0 spiro atoms. The number of amides is 1. The van der Waals surface area contributed by atoms with Crippen molar-refractivity contribution in [2.75, 3.05) is 6.26 Å². The van der Waals surface area contributed by atoms with Gasteiger partial charge in [-0.05, 0) is 55.2 Å². The molecule has 1 atom stereocenters. The molecular formula is C21H22N2O2S. The summed E-state index contributed by atoms with van der Waals surface area (Å²) in [5.41, 5.74) is 3.70. The summed E-state index contributed by atoms with van der Waals surface area (Å²) in [6.07, 6.45) is 7.67. The molecule has 0 bridgehead atoms. The number of nitrogens with one attached hydrogen (secondary N) is 2. The number of thioether (sulfide) groups is 1. The van der Waals surface area contributed by atoms with Gasteiger partial charge in [0.05, 0.1) is 0 Å². The van der Waals surface area contributed by atoms with Gasteiger partial charge in [-0.2, -0.15) is 0 Å². The largest absolute Gasteiger partial charge is 0.350 e. The number of hydrogen-bond acceptors (Lipinski definition) is 3. The molecule has 134 valence electrons. The number of aromatic amines is 1. The van der Waals surface area contributed by atoms with Gasteiger partial charge in [-0.3, -0.25) is 9.59 Å². The number of H-pyrrole nitrogens is 1. The summed E-state index contributed by atoms with van der Waals surface area (Å²) in [5.74, 6) is 0.510. The molecule has 0 radical (unpaired) electrons. The third-order valence-corrected chi connectivity index (χ3v) is 5.79. The summed E-state index contributed by atoms with van der Waals surface area (Å²) in [7, 11) is 0. The monoisotopic (exact) mass is 366 g/mol. The van der Waals surface area contributed by atoms with Crippen LogP contribution in [0.5, 0.6) is 0 Å². The van der Waals surface area contributed by atoms with Gasteiger partial charge in [0.15, 0.2) is 0 Å². The summed E-state index contributed by atoms with van der Waals surface area (Å²) < 4.78 is 0. The minimum Gasteiger partial charge on any atom is -0.350 e. The topological polar surface area (TPSA) is 62.0 Å². The van der Waals surface area contributed by atoms with E-state index in [4.69, 9.17) is 0 Å². The highest BCUT2D eigenvalue weighted by molar-refractivity contribution is 7.98. The Balaban J connectivity index is 1.74. The standard InChI is InChI=1S/C21H22N2O2S/c1-26-16-7-4-14(5-8-16)18(12-15-6-11-20(24)22-15)19-10-9-17(13-2-3-13)21(25)23-19/h4-5,7-10,12-13,15H,2-3,6,11H2,1H3,(H,22,24)(H,23,25)/t15-/m1/s1. The van der Waals surface area contributed by atoms with Crippen LogP contribution in [-0.2, 0) is 4.79 Å². The smallest absolute Gasteiger partial charge is 0.251 e. The second-order valence-corrected chi connectivity index (χ2v) is 7.83. The highest BCUT2D eigenvalue weighted by Gasteiger charge is 2.26. The zero-order chi connectivity index (χ0) is 18.1. The number of carbonyl (C=O) groups excluding carboxylic acids is 1. The number of aromatic nitrogens is 1. The molecule has 1 saturated carbocycles. The lowest BCUT2D eigenvalue weighted by Crippen LogP contribution is -2.23. The number of hydrogen-bond donors (Lipinski definition) is 2. The zero-order valence-electron chi connectivity index (χ0n) is 14.7. The van der Waals surface area contributed by atoms with Gasteiger partial charge in [0.25, 0.3) is 5.56 Å². The lowest BCUT2D eigenvalue weighted by molar-refractivity contribution is -0.119. The van der Waals surface area contributed by atoms with E-state index in [0.29, 0.717) is 12.3 Å². The molecule has 2 fully saturated rings. The van der Waals surface area contributed by atoms with E-state index in [-0.39, 0.29) is 17.5 Å². The molecule has 2 N–H and O–H groups in total. The lowest BCUT2D eigenvalue weighted by Gasteiger charge is -2.13. The van der Waals surface area contributed by atoms with E-state index in [1.54, 1.807) is 11.8 Å². The van der Waals surface area contributed by atoms with Crippen molar-refractivity contribution in [2.24, 2.45) is 0 Å². The van der Waals surface area contributed by atoms with Gasteiger partial charge in [0.1, 0.15) is 0 Å². The molecule has 1 aromatic heterocycles. The van der Waals surface area contributed by atoms with Crippen molar-refractivity contribution in [1.29, 1.82) is 0 Å². The molecule has 2 heterocycles. The first-order valence-electron chi connectivity index (χ1n) is 9.03. The van der Waals surface area contributed by atoms with E-state index in [9.17, 15) is 9.59 Å². The summed E-state index contributed by atoms with van der Waals surface area (Å²) in [5, 5.41) is 2.99. The van der Waals surface area contributed by atoms with Gasteiger partial charge in [-0.25, -0.2) is 0 Å². The molecule has 1 aliphatic carbocycles. The second kappa shape index (κ2) is 7.16. The first-order chi connectivity index (χ1) is 12.6. The van der Waals surface area contributed by atoms with Crippen molar-refractivity contribution in [3.63, 3.8) is 0 Å². The molecule has 1 saturated heterocycles. The summed E-state index contributed by atoms with van der Waals surface area (Å²) >= 11 is 1.70. The van der Waals surface area contributed by atoms with Crippen LogP contribution in [-0.4, -0.2) is 23.2 Å². The van der Waals surface area contributed by atoms with Gasteiger partial charge >= 0.3 is 0 Å². The maximum absolute atomic E-state index is 12.5. The van der Waals surface area contributed by atoms with Crippen LogP contribution < -0.4 is 10.9 Å². The Kier molecular flexibility index (Phi) is 4.72. The fourth-order valence-corrected chi connectivity index (χ4v) is 3.84. The van der Waals surface area contributed by atoms with Crippen LogP contribution in [0.2, 0.25) is 0 Å². The summed E-state index contributed by atoms with van der Waals surface area (Å²) in [6.45, 7) is 0. The Bertz CT molecular complexity index is 910. The molecule has 4 nitrogen and oxygen atoms in total. The van der Waals surface area contributed by atoms with Gasteiger partial charge < -0.3 is 10.3 Å². The van der Waals surface area contributed by atoms with E-state index < -0.39 is 0 Å². The fraction of sp³-hybridized carbons (Fsp3) is 0.333. The van der Waals surface area contributed by atoms with Crippen LogP contribution >= 0.6 is 11.8 Å². The Labute approximate surface area is 157 Å². The average molecular weight is 366 g/mol. The molecule has 2 aromatic rings. The maximum atomic E-state index is 12.5. The summed E-state index contributed by atoms with van der Waals surface area (Å²) in [6, 6.07) is 12.3. The molecule has 2 aliphatic rings. The van der Waals surface area contributed by atoms with E-state index in [1.807, 2.05) is 18.4 Å². The molecule has 4 rings (SSSR count). The van der Waals surface area contributed by atoms with Gasteiger partial charge in [-0.1, -0.05) is 24.3 Å². The van der Waals surface area contributed by atoms with Crippen LogP contribution in [0, 0.1) is 0 Å². The van der Waals surface area contributed by atoms with E-state index >= 15 is 0 Å². The predicted octanol–water partition coefficient (Wildman–Crippen LogP) is 3.68. The second-order valence-electron chi connectivity index (χ2n) is 6.95. The molecule has 1 aliphatic heterocycles. The lowest BCUT2D eigenvalue weighted by atomic mass is 9.98. The predicted molar refractivity (Wildman–Crippen MR) is 106 cm³/mol. The normalized spacial score (nSPS) is 20.3. The summed E-state index contributed by atoms with van der Waals surface area (Å²) in [4.78, 5) is 28.3. The van der Waals surface area contributed by atoms with Crippen molar-refractivity contribution >= 4 is 23.2 Å². The first-order valence-corrected chi connectivity index (χ1v) is 10.3. The third-order valence-electron chi connectivity index (χ3n) is 5.04. The van der Waals surface area contributed by atoms with Crippen molar-refractivity contribution in [3.05, 3.63) is 69.6 Å². The SMILES string of the molecule is CSc1ccc(C(=C[C@H]2CCC(=O)N2)c2ccc(C3CC3)c(=O)[nH]2)cc1. The van der Waals surface area contributed by atoms with Crippen molar-refractivity contribution in [3.8, 4) is 0 Å². The van der Waals surface area contributed by atoms with E-state index in [0.717, 1.165) is 41.7 Å². The quantitative estimate of drug-likeness (QED) is 0.794. The Morgan fingerprint density at radius 1 is 1.08 bits per heavy atom. The zero-order valence-corrected chi connectivity index (χ0v) is 15.6. The van der Waals surface area contributed by atoms with Crippen LogP contribution in [0.25, 0.3) is 5.57 Å². The van der Waals surface area contributed by atoms with Crippen molar-refractivity contribution < 1.29 is 4.79 Å². The van der Waals surface area contributed by atoms with Crippen LogP contribution in [0.4, 0.5) is 0 Å². The van der Waals surface area contributed by atoms with Crippen molar-refractivity contribution in [2.45, 2.75) is 42.5 Å². The van der Waals surface area contributed by atoms with Gasteiger partial charge in [0, 0.05) is 34.2 Å². The molecule has 0 unspecified atom stereocenters. The number of pyridine rings is 1. The molecule has 1 aromatic carbocycles. The van der Waals surface area contributed by atoms with Crippen LogP contribution in [0.3, 0.4) is 0 Å². The number of benzene rings is 1. The minimum atomic E-state index is 0.00402. The average Bonchev–Trinajstić information content (AvgIpc) is 3.41. The number of carbonyl (C=O) groups is 1.